The molecular weight excluding hydrogens is 377 g/mol. The van der Waals surface area contributed by atoms with E-state index in [-0.39, 0.29) is 29.8 Å². The van der Waals surface area contributed by atoms with E-state index in [4.69, 9.17) is 21.0 Å². The number of anilines is 3. The van der Waals surface area contributed by atoms with E-state index in [0.717, 1.165) is 18.5 Å². The predicted octanol–water partition coefficient (Wildman–Crippen LogP) is 2.61. The molecule has 0 aliphatic carbocycles. The normalized spacial score (nSPS) is 18.0. The Morgan fingerprint density at radius 3 is 2.52 bits per heavy atom. The van der Waals surface area contributed by atoms with Gasteiger partial charge in [0.1, 0.15) is 5.82 Å². The molecule has 0 unspecified atom stereocenters. The fourth-order valence-electron chi connectivity index (χ4n) is 3.41. The van der Waals surface area contributed by atoms with Crippen molar-refractivity contribution < 1.29 is 18.8 Å². The van der Waals surface area contributed by atoms with Gasteiger partial charge in [0.2, 0.25) is 0 Å². The number of rotatable bonds is 5. The van der Waals surface area contributed by atoms with Crippen LogP contribution in [0, 0.1) is 5.82 Å². The number of hydrogen-bond acceptors (Lipinski definition) is 7. The summed E-state index contributed by atoms with van der Waals surface area (Å²) in [5, 5.41) is 0. The number of benzene rings is 1. The van der Waals surface area contributed by atoms with Crippen molar-refractivity contribution in [1.82, 2.24) is 10.4 Å². The predicted molar refractivity (Wildman–Crippen MR) is 111 cm³/mol. The highest BCUT2D eigenvalue weighted by atomic mass is 19.1. The minimum atomic E-state index is -0.375. The van der Waals surface area contributed by atoms with Crippen LogP contribution in [0.25, 0.3) is 0 Å². The quantitative estimate of drug-likeness (QED) is 0.509. The van der Waals surface area contributed by atoms with E-state index in [0.29, 0.717) is 44.0 Å². The zero-order chi connectivity index (χ0) is 21.0. The lowest BCUT2D eigenvalue weighted by molar-refractivity contribution is -0.0415. The number of piperidine rings is 1. The molecule has 0 atom stereocenters. The van der Waals surface area contributed by atoms with Crippen molar-refractivity contribution in [2.45, 2.75) is 45.3 Å². The molecule has 0 aromatic heterocycles. The van der Waals surface area contributed by atoms with Crippen LogP contribution in [0.2, 0.25) is 0 Å². The van der Waals surface area contributed by atoms with Crippen LogP contribution in [-0.4, -0.2) is 49.4 Å². The summed E-state index contributed by atoms with van der Waals surface area (Å²) < 4.78 is 19.4. The summed E-state index contributed by atoms with van der Waals surface area (Å²) >= 11 is 0. The molecule has 2 aliphatic heterocycles. The molecule has 9 heteroatoms. The van der Waals surface area contributed by atoms with E-state index in [2.05, 4.69) is 5.48 Å². The molecule has 1 aromatic rings. The van der Waals surface area contributed by atoms with Crippen LogP contribution in [0.1, 0.15) is 33.1 Å². The van der Waals surface area contributed by atoms with Crippen LogP contribution in [0.15, 0.2) is 23.9 Å². The Hall–Kier alpha value is -2.68. The van der Waals surface area contributed by atoms with Crippen LogP contribution in [0.4, 0.5) is 26.2 Å². The van der Waals surface area contributed by atoms with Gasteiger partial charge in [-0.05, 0) is 38.8 Å². The summed E-state index contributed by atoms with van der Waals surface area (Å²) in [5.74, 6) is -0.375. The van der Waals surface area contributed by atoms with E-state index in [1.165, 1.54) is 6.07 Å². The van der Waals surface area contributed by atoms with E-state index in [1.807, 2.05) is 24.8 Å². The average Bonchev–Trinajstić information content (AvgIpc) is 2.69. The Balaban J connectivity index is 1.44. The molecular formula is C20H30FN5O3. The number of amides is 1. The largest absolute Gasteiger partial charge is 0.447 e. The maximum Gasteiger partial charge on any atom is 0.410 e. The molecule has 160 valence electrons. The zero-order valence-electron chi connectivity index (χ0n) is 17.0. The van der Waals surface area contributed by atoms with Crippen molar-refractivity contribution >= 4 is 23.2 Å². The second kappa shape index (κ2) is 9.21. The third-order valence-corrected chi connectivity index (χ3v) is 5.10. The first-order valence-corrected chi connectivity index (χ1v) is 9.99. The summed E-state index contributed by atoms with van der Waals surface area (Å²) in [6, 6.07) is 2.83. The lowest BCUT2D eigenvalue weighted by Crippen LogP contribution is -2.43. The van der Waals surface area contributed by atoms with Gasteiger partial charge in [0.25, 0.3) is 0 Å². The third kappa shape index (κ3) is 5.44. The molecule has 1 amide bonds. The SMILES string of the molecule is CC(C)OC(=O)N1CCC(ONC2=CCN(c3cc(N)c(N)cc3F)CC2)CC1. The maximum atomic E-state index is 14.2. The second-order valence-electron chi connectivity index (χ2n) is 7.70. The average molecular weight is 407 g/mol. The number of carbonyl (C=O) groups is 1. The van der Waals surface area contributed by atoms with Gasteiger partial charge in [-0.2, -0.15) is 0 Å². The molecule has 5 N–H and O–H groups in total. The Morgan fingerprint density at radius 1 is 1.21 bits per heavy atom. The fourth-order valence-corrected chi connectivity index (χ4v) is 3.41. The second-order valence-corrected chi connectivity index (χ2v) is 7.70. The third-order valence-electron chi connectivity index (χ3n) is 5.10. The van der Waals surface area contributed by atoms with Crippen LogP contribution in [0.5, 0.6) is 0 Å². The monoisotopic (exact) mass is 407 g/mol. The van der Waals surface area contributed by atoms with Crippen LogP contribution >= 0.6 is 0 Å². The van der Waals surface area contributed by atoms with Crippen molar-refractivity contribution in [3.63, 3.8) is 0 Å². The number of nitrogens with one attached hydrogen (secondary N) is 1. The van der Waals surface area contributed by atoms with Gasteiger partial charge in [-0.15, -0.1) is 0 Å². The molecule has 8 nitrogen and oxygen atoms in total. The standard InChI is InChI=1S/C20H30FN5O3/c1-13(2)28-20(27)26-9-5-15(6-10-26)29-24-14-3-7-25(8-4-14)19-12-18(23)17(22)11-16(19)21/h3,11-13,15,24H,4-10,22-23H2,1-2H3. The van der Waals surface area contributed by atoms with Crippen molar-refractivity contribution in [2.75, 3.05) is 42.5 Å². The Kier molecular flexibility index (Phi) is 6.68. The van der Waals surface area contributed by atoms with E-state index in [1.54, 1.807) is 11.0 Å². The lowest BCUT2D eigenvalue weighted by atomic mass is 10.1. The number of carbonyl (C=O) groups excluding carboxylic acids is 1. The number of likely N-dealkylation sites (tertiary alicyclic amines) is 1. The first-order chi connectivity index (χ1) is 13.8. The summed E-state index contributed by atoms with van der Waals surface area (Å²) in [4.78, 5) is 21.4. The van der Waals surface area contributed by atoms with E-state index in [9.17, 15) is 9.18 Å². The molecule has 2 aliphatic rings. The number of nitrogens with zero attached hydrogens (tertiary/aromatic N) is 2. The first kappa shape index (κ1) is 21.0. The summed E-state index contributed by atoms with van der Waals surface area (Å²) in [5.41, 5.74) is 16.5. The zero-order valence-corrected chi connectivity index (χ0v) is 17.0. The Labute approximate surface area is 170 Å². The molecule has 0 spiro atoms. The maximum absolute atomic E-state index is 14.2. The molecule has 1 fully saturated rings. The van der Waals surface area contributed by atoms with Crippen LogP contribution in [0.3, 0.4) is 0 Å². The number of halogens is 1. The summed E-state index contributed by atoms with van der Waals surface area (Å²) in [6.45, 7) is 6.10. The minimum Gasteiger partial charge on any atom is -0.447 e. The van der Waals surface area contributed by atoms with Gasteiger partial charge >= 0.3 is 6.09 Å². The summed E-state index contributed by atoms with van der Waals surface area (Å²) in [7, 11) is 0. The van der Waals surface area contributed by atoms with Crippen molar-refractivity contribution in [3.8, 4) is 0 Å². The molecule has 1 aromatic carbocycles. The van der Waals surface area contributed by atoms with Crippen LogP contribution in [-0.2, 0) is 9.57 Å². The Bertz CT molecular complexity index is 763. The van der Waals surface area contributed by atoms with Gasteiger partial charge in [0.05, 0.1) is 29.3 Å². The number of hydrogen-bond donors (Lipinski definition) is 3. The van der Waals surface area contributed by atoms with E-state index >= 15 is 0 Å². The summed E-state index contributed by atoms with van der Waals surface area (Å²) in [6.07, 6.45) is 3.82. The highest BCUT2D eigenvalue weighted by Gasteiger charge is 2.25. The van der Waals surface area contributed by atoms with Gasteiger partial charge in [-0.25, -0.2) is 9.18 Å². The Morgan fingerprint density at radius 2 is 1.90 bits per heavy atom. The first-order valence-electron chi connectivity index (χ1n) is 9.99. The molecule has 3 rings (SSSR count). The molecule has 29 heavy (non-hydrogen) atoms. The van der Waals surface area contributed by atoms with E-state index < -0.39 is 0 Å². The van der Waals surface area contributed by atoms with Crippen LogP contribution < -0.4 is 21.8 Å². The van der Waals surface area contributed by atoms with Gasteiger partial charge in [0, 0.05) is 44.4 Å². The topological polar surface area (TPSA) is 106 Å². The van der Waals surface area contributed by atoms with Crippen molar-refractivity contribution in [3.05, 3.63) is 29.7 Å². The molecule has 0 saturated carbocycles. The number of hydroxylamine groups is 1. The van der Waals surface area contributed by atoms with Gasteiger partial charge in [0.15, 0.2) is 0 Å². The highest BCUT2D eigenvalue weighted by molar-refractivity contribution is 5.70. The lowest BCUT2D eigenvalue weighted by Gasteiger charge is -2.33. The fraction of sp³-hybridized carbons (Fsp3) is 0.550. The molecule has 0 radical (unpaired) electrons. The molecule has 1 saturated heterocycles. The van der Waals surface area contributed by atoms with Crippen molar-refractivity contribution in [1.29, 1.82) is 0 Å². The smallest absolute Gasteiger partial charge is 0.410 e. The minimum absolute atomic E-state index is 0.0337. The number of nitrogens with two attached hydrogens (primary N) is 2. The van der Waals surface area contributed by atoms with Crippen molar-refractivity contribution in [2.24, 2.45) is 0 Å². The van der Waals surface area contributed by atoms with Gasteiger partial charge < -0.3 is 26.0 Å². The van der Waals surface area contributed by atoms with Gasteiger partial charge in [-0.1, -0.05) is 0 Å². The number of nitrogen functional groups attached to an aromatic ring is 2. The molecule has 2 heterocycles. The van der Waals surface area contributed by atoms with Gasteiger partial charge in [-0.3, -0.25) is 10.3 Å². The number of ether oxygens (including phenoxy) is 1. The molecule has 0 bridgehead atoms. The highest BCUT2D eigenvalue weighted by Crippen LogP contribution is 2.28.